The summed E-state index contributed by atoms with van der Waals surface area (Å²) in [5, 5.41) is 15.8. The minimum absolute atomic E-state index is 0.125. The minimum atomic E-state index is -0.356. The third kappa shape index (κ3) is 4.53. The first-order valence-electron chi connectivity index (χ1n) is 8.75. The molecule has 3 rings (SSSR count). The van der Waals surface area contributed by atoms with Gasteiger partial charge in [-0.05, 0) is 29.8 Å². The van der Waals surface area contributed by atoms with Gasteiger partial charge in [0, 0.05) is 18.4 Å². The van der Waals surface area contributed by atoms with Gasteiger partial charge in [0.25, 0.3) is 5.91 Å². The van der Waals surface area contributed by atoms with E-state index in [2.05, 4.69) is 10.6 Å². The molecular weight excluding hydrogens is 332 g/mol. The molecule has 0 aromatic heterocycles. The lowest BCUT2D eigenvalue weighted by molar-refractivity contribution is 0.0935. The van der Waals surface area contributed by atoms with Gasteiger partial charge >= 0.3 is 0 Å². The zero-order valence-electron chi connectivity index (χ0n) is 15.4. The van der Waals surface area contributed by atoms with E-state index in [-0.39, 0.29) is 18.7 Å². The molecule has 0 spiro atoms. The van der Waals surface area contributed by atoms with Gasteiger partial charge in [0.05, 0.1) is 18.8 Å². The molecule has 26 heavy (non-hydrogen) atoms. The average molecular weight is 358 g/mol. The van der Waals surface area contributed by atoms with E-state index in [1.165, 1.54) is 0 Å². The maximum atomic E-state index is 12.2. The summed E-state index contributed by atoms with van der Waals surface area (Å²) in [5.41, 5.74) is 2.92. The molecule has 0 saturated heterocycles. The Kier molecular flexibility index (Phi) is 7.44. The number of benzene rings is 2. The lowest BCUT2D eigenvalue weighted by Crippen LogP contribution is -2.38. The van der Waals surface area contributed by atoms with Crippen LogP contribution in [0.4, 0.5) is 5.69 Å². The fourth-order valence-corrected chi connectivity index (χ4v) is 2.65. The highest BCUT2D eigenvalue weighted by Crippen LogP contribution is 2.29. The predicted molar refractivity (Wildman–Crippen MR) is 101 cm³/mol. The van der Waals surface area contributed by atoms with E-state index in [4.69, 9.17) is 9.47 Å². The number of para-hydroxylation sites is 1. The first-order chi connectivity index (χ1) is 12.7. The van der Waals surface area contributed by atoms with Gasteiger partial charge in [-0.25, -0.2) is 0 Å². The van der Waals surface area contributed by atoms with Gasteiger partial charge in [0.2, 0.25) is 0 Å². The van der Waals surface area contributed by atoms with Crippen molar-refractivity contribution in [2.45, 2.75) is 26.6 Å². The number of carbonyl (C=O) groups is 1. The number of nitrogens with one attached hydrogen (secondary N) is 2. The van der Waals surface area contributed by atoms with Crippen molar-refractivity contribution >= 4 is 11.6 Å². The van der Waals surface area contributed by atoms with Crippen molar-refractivity contribution < 1.29 is 19.4 Å². The topological polar surface area (TPSA) is 79.8 Å². The Morgan fingerprint density at radius 1 is 1.08 bits per heavy atom. The smallest absolute Gasteiger partial charge is 0.255 e. The Morgan fingerprint density at radius 2 is 1.85 bits per heavy atom. The number of rotatable bonds is 6. The molecule has 6 heteroatoms. The summed E-state index contributed by atoms with van der Waals surface area (Å²) < 4.78 is 10.6. The molecule has 3 N–H and O–H groups in total. The molecule has 140 valence electrons. The zero-order valence-corrected chi connectivity index (χ0v) is 15.4. The number of ether oxygens (including phenoxy) is 2. The number of fused-ring (bicyclic) bond motifs is 1. The van der Waals surface area contributed by atoms with Crippen molar-refractivity contribution in [3.8, 4) is 5.75 Å². The summed E-state index contributed by atoms with van der Waals surface area (Å²) in [7, 11) is 1.61. The van der Waals surface area contributed by atoms with Gasteiger partial charge in [-0.1, -0.05) is 32.0 Å². The minimum Gasteiger partial charge on any atom is -0.491 e. The van der Waals surface area contributed by atoms with Crippen LogP contribution in [-0.2, 0) is 11.3 Å². The van der Waals surface area contributed by atoms with Gasteiger partial charge in [-0.3, -0.25) is 4.79 Å². The van der Waals surface area contributed by atoms with Crippen LogP contribution in [0.5, 0.6) is 5.75 Å². The van der Waals surface area contributed by atoms with Gasteiger partial charge in [-0.15, -0.1) is 0 Å². The number of anilines is 1. The maximum absolute atomic E-state index is 12.2. The van der Waals surface area contributed by atoms with Crippen LogP contribution in [0.2, 0.25) is 0 Å². The van der Waals surface area contributed by atoms with E-state index in [0.29, 0.717) is 30.1 Å². The van der Waals surface area contributed by atoms with Gasteiger partial charge in [0.1, 0.15) is 18.5 Å². The van der Waals surface area contributed by atoms with Crippen molar-refractivity contribution in [2.24, 2.45) is 0 Å². The molecule has 6 nitrogen and oxygen atoms in total. The summed E-state index contributed by atoms with van der Waals surface area (Å²) in [5.74, 6) is 0.487. The van der Waals surface area contributed by atoms with Crippen LogP contribution in [-0.4, -0.2) is 31.3 Å². The molecule has 1 heterocycles. The lowest BCUT2D eigenvalue weighted by Gasteiger charge is -2.28. The second-order valence-electron chi connectivity index (χ2n) is 5.46. The summed E-state index contributed by atoms with van der Waals surface area (Å²) in [6.07, 6.45) is -0.356. The Balaban J connectivity index is 0.00000117. The number of hydrogen-bond acceptors (Lipinski definition) is 5. The fourth-order valence-electron chi connectivity index (χ4n) is 2.65. The monoisotopic (exact) mass is 358 g/mol. The van der Waals surface area contributed by atoms with Crippen LogP contribution in [0.1, 0.15) is 41.5 Å². The molecule has 1 amide bonds. The van der Waals surface area contributed by atoms with E-state index < -0.39 is 0 Å². The highest BCUT2D eigenvalue weighted by molar-refractivity contribution is 6.01. The second kappa shape index (κ2) is 9.79. The van der Waals surface area contributed by atoms with Crippen LogP contribution in [0.15, 0.2) is 42.5 Å². The van der Waals surface area contributed by atoms with E-state index in [1.807, 2.05) is 44.2 Å². The molecule has 0 aliphatic carbocycles. The van der Waals surface area contributed by atoms with Gasteiger partial charge < -0.3 is 25.2 Å². The van der Waals surface area contributed by atoms with Crippen LogP contribution in [0, 0.1) is 0 Å². The highest BCUT2D eigenvalue weighted by atomic mass is 16.5. The third-order valence-electron chi connectivity index (χ3n) is 3.88. The van der Waals surface area contributed by atoms with Crippen molar-refractivity contribution in [2.75, 3.05) is 25.6 Å². The van der Waals surface area contributed by atoms with Crippen molar-refractivity contribution in [3.05, 3.63) is 59.2 Å². The van der Waals surface area contributed by atoms with E-state index in [0.717, 1.165) is 11.3 Å². The SMILES string of the molecule is CC.COCCOc1ccc(C2NC(=O)c3ccccc3N2)cc1CO. The normalized spacial score (nSPS) is 15.1. The summed E-state index contributed by atoms with van der Waals surface area (Å²) in [4.78, 5) is 12.2. The number of hydrogen-bond donors (Lipinski definition) is 3. The van der Waals surface area contributed by atoms with Crippen LogP contribution in [0.3, 0.4) is 0 Å². The molecule has 2 aromatic rings. The standard InChI is InChI=1S/C18H20N2O4.C2H6/c1-23-8-9-24-16-7-6-12(10-13(16)11-21)17-19-15-5-3-2-4-14(15)18(22)20-17;1-2/h2-7,10,17,19,21H,8-9,11H2,1H3,(H,20,22);1-2H3. The summed E-state index contributed by atoms with van der Waals surface area (Å²) >= 11 is 0. The molecule has 0 fully saturated rings. The molecule has 0 bridgehead atoms. The van der Waals surface area contributed by atoms with Gasteiger partial charge in [-0.2, -0.15) is 0 Å². The lowest BCUT2D eigenvalue weighted by atomic mass is 10.0. The number of aliphatic hydroxyl groups is 1. The quantitative estimate of drug-likeness (QED) is 0.692. The van der Waals surface area contributed by atoms with E-state index in [1.54, 1.807) is 19.2 Å². The summed E-state index contributed by atoms with van der Waals surface area (Å²) in [6, 6.07) is 12.9. The summed E-state index contributed by atoms with van der Waals surface area (Å²) in [6.45, 7) is 4.74. The first-order valence-corrected chi connectivity index (χ1v) is 8.75. The molecule has 0 radical (unpaired) electrons. The molecule has 1 aliphatic rings. The Labute approximate surface area is 154 Å². The van der Waals surface area contributed by atoms with E-state index in [9.17, 15) is 9.90 Å². The number of carbonyl (C=O) groups excluding carboxylic acids is 1. The highest BCUT2D eigenvalue weighted by Gasteiger charge is 2.24. The van der Waals surface area contributed by atoms with Crippen molar-refractivity contribution in [1.29, 1.82) is 0 Å². The third-order valence-corrected chi connectivity index (χ3v) is 3.88. The number of amides is 1. The Morgan fingerprint density at radius 3 is 2.58 bits per heavy atom. The van der Waals surface area contributed by atoms with Crippen LogP contribution in [0.25, 0.3) is 0 Å². The van der Waals surface area contributed by atoms with Crippen LogP contribution < -0.4 is 15.4 Å². The molecule has 0 saturated carbocycles. The molecule has 2 aromatic carbocycles. The molecule has 1 atom stereocenters. The predicted octanol–water partition coefficient (Wildman–Crippen LogP) is 3.08. The number of aliphatic hydroxyl groups excluding tert-OH is 1. The maximum Gasteiger partial charge on any atom is 0.255 e. The number of methoxy groups -OCH3 is 1. The van der Waals surface area contributed by atoms with Crippen molar-refractivity contribution in [3.63, 3.8) is 0 Å². The van der Waals surface area contributed by atoms with E-state index >= 15 is 0 Å². The zero-order chi connectivity index (χ0) is 18.9. The average Bonchev–Trinajstić information content (AvgIpc) is 2.70. The van der Waals surface area contributed by atoms with Gasteiger partial charge in [0.15, 0.2) is 0 Å². The van der Waals surface area contributed by atoms with Crippen molar-refractivity contribution in [1.82, 2.24) is 5.32 Å². The largest absolute Gasteiger partial charge is 0.491 e. The molecule has 1 unspecified atom stereocenters. The Bertz CT molecular complexity index is 734. The first kappa shape index (κ1) is 19.8. The fraction of sp³-hybridized carbons (Fsp3) is 0.350. The molecular formula is C20H26N2O4. The Hall–Kier alpha value is -2.57. The van der Waals surface area contributed by atoms with Crippen LogP contribution >= 0.6 is 0 Å². The molecule has 1 aliphatic heterocycles. The second-order valence-corrected chi connectivity index (χ2v) is 5.46.